The Morgan fingerprint density at radius 3 is 2.57 bits per heavy atom. The predicted octanol–water partition coefficient (Wildman–Crippen LogP) is 1.34. The van der Waals surface area contributed by atoms with Crippen molar-refractivity contribution >= 4 is 16.0 Å². The summed E-state index contributed by atoms with van der Waals surface area (Å²) in [4.78, 5) is 11.2. The number of ether oxygens (including phenoxy) is 1. The first-order valence-electron chi connectivity index (χ1n) is 6.65. The fourth-order valence-electron chi connectivity index (χ4n) is 2.56. The second-order valence-electron chi connectivity index (χ2n) is 5.40. The summed E-state index contributed by atoms with van der Waals surface area (Å²) in [5.74, 6) is -1.58. The van der Waals surface area contributed by atoms with Gasteiger partial charge in [-0.1, -0.05) is 13.0 Å². The molecule has 0 bridgehead atoms. The molecule has 21 heavy (non-hydrogen) atoms. The number of carboxylic acid groups (broad SMARTS) is 1. The normalized spacial score (nSPS) is 23.2. The van der Waals surface area contributed by atoms with Gasteiger partial charge in [0.1, 0.15) is 10.6 Å². The third-order valence-corrected chi connectivity index (χ3v) is 5.69. The molecule has 0 aliphatic carbocycles. The van der Waals surface area contributed by atoms with Crippen molar-refractivity contribution in [2.45, 2.75) is 18.7 Å². The largest absolute Gasteiger partial charge is 0.495 e. The van der Waals surface area contributed by atoms with Crippen LogP contribution in [0.2, 0.25) is 0 Å². The summed E-state index contributed by atoms with van der Waals surface area (Å²) < 4.78 is 31.8. The Balaban J connectivity index is 2.40. The van der Waals surface area contributed by atoms with Crippen LogP contribution in [0.3, 0.4) is 0 Å². The molecule has 116 valence electrons. The Kier molecular flexibility index (Phi) is 4.25. The first-order chi connectivity index (χ1) is 9.77. The average molecular weight is 313 g/mol. The highest BCUT2D eigenvalue weighted by atomic mass is 32.2. The number of carbonyl (C=O) groups is 1. The Bertz CT molecular complexity index is 655. The number of carboxylic acids is 1. The fourth-order valence-corrected chi connectivity index (χ4v) is 4.37. The van der Waals surface area contributed by atoms with Crippen molar-refractivity contribution in [1.82, 2.24) is 4.31 Å². The monoisotopic (exact) mass is 313 g/mol. The van der Waals surface area contributed by atoms with Crippen LogP contribution < -0.4 is 4.74 Å². The van der Waals surface area contributed by atoms with E-state index < -0.39 is 21.9 Å². The zero-order chi connectivity index (χ0) is 15.8. The summed E-state index contributed by atoms with van der Waals surface area (Å²) in [6, 6.07) is 4.92. The highest BCUT2D eigenvalue weighted by Crippen LogP contribution is 2.33. The zero-order valence-electron chi connectivity index (χ0n) is 12.2. The van der Waals surface area contributed by atoms with Gasteiger partial charge in [-0.3, -0.25) is 4.79 Å². The molecule has 1 saturated heterocycles. The fraction of sp³-hybridized carbons (Fsp3) is 0.500. The SMILES string of the molecule is COc1ccc(C)cc1S(=O)(=O)N1CC(C)C(C(=O)O)C1. The second kappa shape index (κ2) is 5.65. The maximum absolute atomic E-state index is 12.7. The van der Waals surface area contributed by atoms with E-state index in [0.29, 0.717) is 0 Å². The van der Waals surface area contributed by atoms with Crippen LogP contribution in [-0.2, 0) is 14.8 Å². The molecular formula is C14H19NO5S. The molecule has 2 rings (SSSR count). The molecule has 1 N–H and O–H groups in total. The van der Waals surface area contributed by atoms with Gasteiger partial charge in [-0.25, -0.2) is 8.42 Å². The van der Waals surface area contributed by atoms with Crippen LogP contribution in [0, 0.1) is 18.8 Å². The van der Waals surface area contributed by atoms with E-state index >= 15 is 0 Å². The molecule has 1 heterocycles. The number of methoxy groups -OCH3 is 1. The molecule has 7 heteroatoms. The van der Waals surface area contributed by atoms with E-state index in [1.165, 1.54) is 11.4 Å². The molecule has 0 aromatic heterocycles. The molecule has 1 fully saturated rings. The van der Waals surface area contributed by atoms with Crippen LogP contribution in [0.5, 0.6) is 5.75 Å². The van der Waals surface area contributed by atoms with Gasteiger partial charge in [0.25, 0.3) is 0 Å². The topological polar surface area (TPSA) is 83.9 Å². The molecule has 0 spiro atoms. The summed E-state index contributed by atoms with van der Waals surface area (Å²) in [5.41, 5.74) is 0.802. The van der Waals surface area contributed by atoms with Crippen LogP contribution in [0.15, 0.2) is 23.1 Å². The number of rotatable bonds is 4. The third-order valence-electron chi connectivity index (χ3n) is 3.83. The Morgan fingerprint density at radius 2 is 2.05 bits per heavy atom. The summed E-state index contributed by atoms with van der Waals surface area (Å²) >= 11 is 0. The number of sulfonamides is 1. The standard InChI is InChI=1S/C14H19NO5S/c1-9-4-5-12(20-3)13(6-9)21(18,19)15-7-10(2)11(8-15)14(16)17/h4-6,10-11H,7-8H2,1-3H3,(H,16,17). The molecule has 0 radical (unpaired) electrons. The lowest BCUT2D eigenvalue weighted by molar-refractivity contribution is -0.142. The van der Waals surface area contributed by atoms with E-state index in [0.717, 1.165) is 5.56 Å². The van der Waals surface area contributed by atoms with Gasteiger partial charge >= 0.3 is 5.97 Å². The minimum atomic E-state index is -3.76. The van der Waals surface area contributed by atoms with Gasteiger partial charge in [0.15, 0.2) is 0 Å². The Morgan fingerprint density at radius 1 is 1.38 bits per heavy atom. The molecular weight excluding hydrogens is 294 g/mol. The minimum Gasteiger partial charge on any atom is -0.495 e. The Labute approximate surface area is 124 Å². The van der Waals surface area contributed by atoms with Crippen LogP contribution in [0.25, 0.3) is 0 Å². The lowest BCUT2D eigenvalue weighted by atomic mass is 9.99. The maximum atomic E-state index is 12.7. The summed E-state index contributed by atoms with van der Waals surface area (Å²) in [5, 5.41) is 9.14. The third kappa shape index (κ3) is 2.89. The van der Waals surface area contributed by atoms with Gasteiger partial charge in [0.05, 0.1) is 13.0 Å². The summed E-state index contributed by atoms with van der Waals surface area (Å²) in [6.45, 7) is 3.75. The van der Waals surface area contributed by atoms with Gasteiger partial charge in [-0.05, 0) is 30.5 Å². The van der Waals surface area contributed by atoms with Gasteiger partial charge in [0, 0.05) is 13.1 Å². The van der Waals surface area contributed by atoms with Crippen LogP contribution >= 0.6 is 0 Å². The van der Waals surface area contributed by atoms with Crippen molar-refractivity contribution in [3.63, 3.8) is 0 Å². The highest BCUT2D eigenvalue weighted by Gasteiger charge is 2.41. The zero-order valence-corrected chi connectivity index (χ0v) is 13.1. The van der Waals surface area contributed by atoms with Crippen molar-refractivity contribution in [2.24, 2.45) is 11.8 Å². The first-order valence-corrected chi connectivity index (χ1v) is 8.09. The van der Waals surface area contributed by atoms with E-state index in [9.17, 15) is 13.2 Å². The number of hydrogen-bond donors (Lipinski definition) is 1. The van der Waals surface area contributed by atoms with Crippen LogP contribution in [-0.4, -0.2) is 44.0 Å². The smallest absolute Gasteiger partial charge is 0.308 e. The van der Waals surface area contributed by atoms with E-state index in [2.05, 4.69) is 0 Å². The van der Waals surface area contributed by atoms with E-state index in [1.807, 2.05) is 0 Å². The second-order valence-corrected chi connectivity index (χ2v) is 7.30. The number of aliphatic carboxylic acids is 1. The van der Waals surface area contributed by atoms with E-state index in [1.54, 1.807) is 32.0 Å². The van der Waals surface area contributed by atoms with E-state index in [4.69, 9.17) is 9.84 Å². The molecule has 1 aliphatic heterocycles. The van der Waals surface area contributed by atoms with Crippen LogP contribution in [0.4, 0.5) is 0 Å². The molecule has 1 aliphatic rings. The number of benzene rings is 1. The maximum Gasteiger partial charge on any atom is 0.308 e. The molecule has 0 saturated carbocycles. The first kappa shape index (κ1) is 15.8. The molecule has 2 atom stereocenters. The quantitative estimate of drug-likeness (QED) is 0.907. The van der Waals surface area contributed by atoms with Crippen molar-refractivity contribution in [2.75, 3.05) is 20.2 Å². The molecule has 1 aromatic carbocycles. The molecule has 2 unspecified atom stereocenters. The molecule has 1 aromatic rings. The van der Waals surface area contributed by atoms with Gasteiger partial charge in [-0.15, -0.1) is 0 Å². The van der Waals surface area contributed by atoms with Gasteiger partial charge in [0.2, 0.25) is 10.0 Å². The van der Waals surface area contributed by atoms with Crippen molar-refractivity contribution in [3.05, 3.63) is 23.8 Å². The highest BCUT2D eigenvalue weighted by molar-refractivity contribution is 7.89. The number of nitrogens with zero attached hydrogens (tertiary/aromatic N) is 1. The predicted molar refractivity (Wildman–Crippen MR) is 76.8 cm³/mol. The number of aryl methyl sites for hydroxylation is 1. The van der Waals surface area contributed by atoms with Gasteiger partial charge < -0.3 is 9.84 Å². The van der Waals surface area contributed by atoms with Gasteiger partial charge in [-0.2, -0.15) is 4.31 Å². The molecule has 0 amide bonds. The van der Waals surface area contributed by atoms with Crippen molar-refractivity contribution < 1.29 is 23.1 Å². The summed E-state index contributed by atoms with van der Waals surface area (Å²) in [7, 11) is -2.35. The van der Waals surface area contributed by atoms with Crippen LogP contribution in [0.1, 0.15) is 12.5 Å². The van der Waals surface area contributed by atoms with E-state index in [-0.39, 0.29) is 29.7 Å². The summed E-state index contributed by atoms with van der Waals surface area (Å²) in [6.07, 6.45) is 0. The molecule has 6 nitrogen and oxygen atoms in total. The van der Waals surface area contributed by atoms with Crippen molar-refractivity contribution in [3.8, 4) is 5.75 Å². The lowest BCUT2D eigenvalue weighted by Gasteiger charge is -2.18. The number of hydrogen-bond acceptors (Lipinski definition) is 4. The Hall–Kier alpha value is -1.60. The van der Waals surface area contributed by atoms with Crippen molar-refractivity contribution in [1.29, 1.82) is 0 Å². The average Bonchev–Trinajstić information content (AvgIpc) is 2.81. The lowest BCUT2D eigenvalue weighted by Crippen LogP contribution is -2.30. The minimum absolute atomic E-state index is 0.00404.